The topological polar surface area (TPSA) is 84.7 Å². The van der Waals surface area contributed by atoms with Crippen molar-refractivity contribution < 1.29 is 29.0 Å². The van der Waals surface area contributed by atoms with E-state index >= 15 is 0 Å². The normalized spacial score (nSPS) is 13.0. The van der Waals surface area contributed by atoms with E-state index in [1.54, 1.807) is 12.1 Å². The summed E-state index contributed by atoms with van der Waals surface area (Å²) in [6.45, 7) is -0.442. The first-order valence-corrected chi connectivity index (χ1v) is 8.36. The summed E-state index contributed by atoms with van der Waals surface area (Å²) in [5, 5.41) is 0. The standard InChI is InChI=1S/C9H13F2NO5S2/c10-18(13,14)6-3-12(4-7-19(11,15)16)8-9-2-1-5-17-9/h1-2,5H,3-4,6-8H2. The first-order chi connectivity index (χ1) is 8.66. The maximum absolute atomic E-state index is 12.4. The highest BCUT2D eigenvalue weighted by Gasteiger charge is 2.16. The minimum atomic E-state index is -4.67. The largest absolute Gasteiger partial charge is 0.468 e. The van der Waals surface area contributed by atoms with Crippen molar-refractivity contribution in [2.75, 3.05) is 24.6 Å². The zero-order chi connectivity index (χ0) is 14.5. The van der Waals surface area contributed by atoms with E-state index in [4.69, 9.17) is 4.42 Å². The Kier molecular flexibility index (Phi) is 5.44. The van der Waals surface area contributed by atoms with Crippen molar-refractivity contribution in [2.45, 2.75) is 6.54 Å². The summed E-state index contributed by atoms with van der Waals surface area (Å²) in [7, 11) is -9.33. The fourth-order valence-corrected chi connectivity index (χ4v) is 2.32. The predicted molar refractivity (Wildman–Crippen MR) is 63.8 cm³/mol. The van der Waals surface area contributed by atoms with Crippen molar-refractivity contribution >= 4 is 20.4 Å². The van der Waals surface area contributed by atoms with Crippen LogP contribution in [0.5, 0.6) is 0 Å². The van der Waals surface area contributed by atoms with Crippen LogP contribution < -0.4 is 0 Å². The number of nitrogens with zero attached hydrogens (tertiary/aromatic N) is 1. The van der Waals surface area contributed by atoms with Crippen LogP contribution in [0.3, 0.4) is 0 Å². The molecule has 1 rings (SSSR count). The molecule has 110 valence electrons. The molecule has 19 heavy (non-hydrogen) atoms. The van der Waals surface area contributed by atoms with Gasteiger partial charge in [-0.2, -0.15) is 16.8 Å². The first-order valence-electron chi connectivity index (χ1n) is 5.25. The SMILES string of the molecule is O=S(=O)(F)CCN(CCS(=O)(=O)F)Cc1ccco1. The van der Waals surface area contributed by atoms with Gasteiger partial charge in [0.15, 0.2) is 0 Å². The Labute approximate surface area is 110 Å². The van der Waals surface area contributed by atoms with Crippen LogP contribution in [-0.4, -0.2) is 46.3 Å². The van der Waals surface area contributed by atoms with Crippen molar-refractivity contribution in [2.24, 2.45) is 0 Å². The van der Waals surface area contributed by atoms with Crippen LogP contribution >= 0.6 is 0 Å². The molecule has 0 radical (unpaired) electrons. The Morgan fingerprint density at radius 1 is 1.05 bits per heavy atom. The van der Waals surface area contributed by atoms with Gasteiger partial charge >= 0.3 is 20.4 Å². The van der Waals surface area contributed by atoms with Crippen LogP contribution in [0.25, 0.3) is 0 Å². The molecule has 0 unspecified atom stereocenters. The number of hydrogen-bond donors (Lipinski definition) is 0. The molecule has 1 aromatic rings. The fraction of sp³-hybridized carbons (Fsp3) is 0.556. The molecule has 0 saturated carbocycles. The van der Waals surface area contributed by atoms with E-state index in [-0.39, 0.29) is 19.6 Å². The highest BCUT2D eigenvalue weighted by atomic mass is 32.3. The van der Waals surface area contributed by atoms with E-state index in [9.17, 15) is 24.6 Å². The lowest BCUT2D eigenvalue weighted by molar-refractivity contribution is 0.269. The predicted octanol–water partition coefficient (Wildman–Crippen LogP) is 0.680. The van der Waals surface area contributed by atoms with Crippen molar-refractivity contribution in [3.05, 3.63) is 24.2 Å². The van der Waals surface area contributed by atoms with E-state index < -0.39 is 32.0 Å². The molecule has 0 atom stereocenters. The monoisotopic (exact) mass is 317 g/mol. The first kappa shape index (κ1) is 16.1. The average Bonchev–Trinajstić information content (AvgIpc) is 2.72. The Balaban J connectivity index is 2.61. The second-order valence-electron chi connectivity index (χ2n) is 3.84. The number of furan rings is 1. The van der Waals surface area contributed by atoms with Crippen molar-refractivity contribution in [1.82, 2.24) is 4.90 Å². The summed E-state index contributed by atoms with van der Waals surface area (Å²) < 4.78 is 71.6. The minimum Gasteiger partial charge on any atom is -0.468 e. The van der Waals surface area contributed by atoms with Gasteiger partial charge in [0.05, 0.1) is 24.3 Å². The molecule has 0 saturated heterocycles. The highest BCUT2D eigenvalue weighted by Crippen LogP contribution is 2.07. The molecule has 0 aromatic carbocycles. The molecule has 0 amide bonds. The lowest BCUT2D eigenvalue weighted by atomic mass is 10.4. The summed E-state index contributed by atoms with van der Waals surface area (Å²) in [6.07, 6.45) is 1.38. The molecular weight excluding hydrogens is 304 g/mol. The van der Waals surface area contributed by atoms with Crippen LogP contribution in [0, 0.1) is 0 Å². The van der Waals surface area contributed by atoms with Crippen molar-refractivity contribution in [1.29, 1.82) is 0 Å². The summed E-state index contributed by atoms with van der Waals surface area (Å²) in [6, 6.07) is 3.17. The van der Waals surface area contributed by atoms with Crippen LogP contribution in [-0.2, 0) is 27.0 Å². The van der Waals surface area contributed by atoms with Gasteiger partial charge in [0.2, 0.25) is 0 Å². The van der Waals surface area contributed by atoms with Gasteiger partial charge in [0.1, 0.15) is 5.76 Å². The summed E-state index contributed by atoms with van der Waals surface area (Å²) >= 11 is 0. The fourth-order valence-electron chi connectivity index (χ4n) is 1.37. The van der Waals surface area contributed by atoms with Crippen LogP contribution in [0.4, 0.5) is 7.77 Å². The molecule has 0 aliphatic carbocycles. The molecule has 0 fully saturated rings. The Morgan fingerprint density at radius 2 is 1.58 bits per heavy atom. The summed E-state index contributed by atoms with van der Waals surface area (Å²) in [5.74, 6) is -1.15. The Bertz CT molecular complexity index is 546. The van der Waals surface area contributed by atoms with Gasteiger partial charge in [-0.05, 0) is 12.1 Å². The van der Waals surface area contributed by atoms with Gasteiger partial charge in [-0.3, -0.25) is 4.90 Å². The summed E-state index contributed by atoms with van der Waals surface area (Å²) in [5.41, 5.74) is 0. The second kappa shape index (κ2) is 6.44. The van der Waals surface area contributed by atoms with Crippen molar-refractivity contribution in [3.63, 3.8) is 0 Å². The number of rotatable bonds is 8. The van der Waals surface area contributed by atoms with Crippen LogP contribution in [0.15, 0.2) is 22.8 Å². The molecule has 10 heteroatoms. The van der Waals surface area contributed by atoms with E-state index in [1.165, 1.54) is 11.2 Å². The second-order valence-corrected chi connectivity index (χ2v) is 6.81. The van der Waals surface area contributed by atoms with Crippen LogP contribution in [0.2, 0.25) is 0 Å². The quantitative estimate of drug-likeness (QED) is 0.656. The zero-order valence-corrected chi connectivity index (χ0v) is 11.5. The molecule has 0 aliphatic heterocycles. The van der Waals surface area contributed by atoms with Gasteiger partial charge in [-0.1, -0.05) is 0 Å². The van der Waals surface area contributed by atoms with Crippen molar-refractivity contribution in [3.8, 4) is 0 Å². The lowest BCUT2D eigenvalue weighted by Gasteiger charge is -2.19. The molecule has 0 N–H and O–H groups in total. The van der Waals surface area contributed by atoms with E-state index in [1.807, 2.05) is 0 Å². The maximum Gasteiger partial charge on any atom is 0.303 e. The van der Waals surface area contributed by atoms with E-state index in [0.29, 0.717) is 5.76 Å². The minimum absolute atomic E-state index is 0.0675. The lowest BCUT2D eigenvalue weighted by Crippen LogP contribution is -2.32. The third-order valence-electron chi connectivity index (χ3n) is 2.26. The third kappa shape index (κ3) is 7.90. The van der Waals surface area contributed by atoms with Gasteiger partial charge in [-0.25, -0.2) is 0 Å². The average molecular weight is 317 g/mol. The highest BCUT2D eigenvalue weighted by molar-refractivity contribution is 7.86. The van der Waals surface area contributed by atoms with Crippen LogP contribution in [0.1, 0.15) is 5.76 Å². The number of hydrogen-bond acceptors (Lipinski definition) is 6. The van der Waals surface area contributed by atoms with Gasteiger partial charge in [-0.15, -0.1) is 7.77 Å². The van der Waals surface area contributed by atoms with E-state index in [2.05, 4.69) is 0 Å². The van der Waals surface area contributed by atoms with E-state index in [0.717, 1.165) is 0 Å². The summed E-state index contributed by atoms with van der Waals surface area (Å²) in [4.78, 5) is 1.28. The van der Waals surface area contributed by atoms with Gasteiger partial charge < -0.3 is 4.42 Å². The zero-order valence-electron chi connectivity index (χ0n) is 9.83. The van der Waals surface area contributed by atoms with Gasteiger partial charge in [0, 0.05) is 13.1 Å². The number of halogens is 2. The molecule has 0 spiro atoms. The molecule has 1 aromatic heterocycles. The van der Waals surface area contributed by atoms with Gasteiger partial charge in [0.25, 0.3) is 0 Å². The Morgan fingerprint density at radius 3 is 1.95 bits per heavy atom. The molecule has 1 heterocycles. The molecule has 6 nitrogen and oxygen atoms in total. The molecule has 0 bridgehead atoms. The molecular formula is C9H13F2NO5S2. The maximum atomic E-state index is 12.4. The third-order valence-corrected chi connectivity index (χ3v) is 3.60. The molecule has 0 aliphatic rings. The smallest absolute Gasteiger partial charge is 0.303 e. The Hall–Kier alpha value is -1.00.